The van der Waals surface area contributed by atoms with Gasteiger partial charge in [0.05, 0.1) is 9.65 Å². The highest BCUT2D eigenvalue weighted by Gasteiger charge is 2.46. The van der Waals surface area contributed by atoms with Crippen LogP contribution in [0.5, 0.6) is 0 Å². The number of aliphatic hydroxyl groups is 1. The quantitative estimate of drug-likeness (QED) is 0.659. The average molecular weight is 377 g/mol. The zero-order valence-corrected chi connectivity index (χ0v) is 11.9. The number of rotatable bonds is 0. The number of ketones is 1. The Labute approximate surface area is 102 Å². The van der Waals surface area contributed by atoms with Crippen LogP contribution in [-0.4, -0.2) is 20.5 Å². The minimum Gasteiger partial charge on any atom is -0.510 e. The number of halogens is 3. The first-order valence-corrected chi connectivity index (χ1v) is 6.33. The first-order chi connectivity index (χ1) is 5.80. The minimum absolute atomic E-state index is 0.0747. The molecule has 2 atom stereocenters. The highest BCUT2D eigenvalue weighted by Crippen LogP contribution is 2.45. The van der Waals surface area contributed by atoms with E-state index in [0.29, 0.717) is 0 Å². The predicted octanol–water partition coefficient (Wildman–Crippen LogP) is 3.29. The van der Waals surface area contributed by atoms with Gasteiger partial charge in [-0.25, -0.2) is 0 Å². The van der Waals surface area contributed by atoms with Crippen LogP contribution in [-0.2, 0) is 4.79 Å². The van der Waals surface area contributed by atoms with Crippen LogP contribution in [0.2, 0.25) is 0 Å². The van der Waals surface area contributed by atoms with Gasteiger partial charge in [-0.05, 0) is 15.9 Å². The summed E-state index contributed by atoms with van der Waals surface area (Å²) >= 11 is 9.76. The van der Waals surface area contributed by atoms with E-state index in [2.05, 4.69) is 47.8 Å². The molecule has 1 aliphatic carbocycles. The maximum absolute atomic E-state index is 11.6. The molecule has 0 aromatic carbocycles. The normalized spacial score (nSPS) is 33.8. The maximum atomic E-state index is 11.6. The molecule has 1 aliphatic rings. The van der Waals surface area contributed by atoms with E-state index >= 15 is 0 Å². The van der Waals surface area contributed by atoms with Gasteiger partial charge in [0, 0.05) is 5.41 Å². The van der Waals surface area contributed by atoms with E-state index in [1.807, 2.05) is 13.8 Å². The number of carbonyl (C=O) groups is 1. The fourth-order valence-corrected chi connectivity index (χ4v) is 3.58. The second-order valence-corrected chi connectivity index (χ2v) is 6.23. The van der Waals surface area contributed by atoms with Crippen LogP contribution >= 0.6 is 47.8 Å². The highest BCUT2D eigenvalue weighted by atomic mass is 79.9. The maximum Gasteiger partial charge on any atom is 0.187 e. The van der Waals surface area contributed by atoms with Crippen molar-refractivity contribution in [3.05, 3.63) is 10.2 Å². The molecule has 1 rings (SSSR count). The van der Waals surface area contributed by atoms with E-state index in [-0.39, 0.29) is 31.1 Å². The standard InChI is InChI=1S/C8H9Br3O2/c1-8(2)6(10)4(12)3(9)5(13)7(8)11/h6-7,12H,1-2H3/t6-,7-/m1/s1. The molecule has 0 aromatic heterocycles. The number of alkyl halides is 2. The fraction of sp³-hybridized carbons (Fsp3) is 0.625. The summed E-state index contributed by atoms with van der Waals surface area (Å²) in [6.07, 6.45) is 0. The van der Waals surface area contributed by atoms with Crippen molar-refractivity contribution in [3.63, 3.8) is 0 Å². The Hall–Kier alpha value is 0.650. The summed E-state index contributed by atoms with van der Waals surface area (Å²) in [6.45, 7) is 3.83. The molecule has 0 unspecified atom stereocenters. The van der Waals surface area contributed by atoms with Crippen molar-refractivity contribution in [2.45, 2.75) is 23.5 Å². The molecule has 0 heterocycles. The van der Waals surface area contributed by atoms with Crippen LogP contribution < -0.4 is 0 Å². The van der Waals surface area contributed by atoms with Gasteiger partial charge in [-0.2, -0.15) is 0 Å². The largest absolute Gasteiger partial charge is 0.510 e. The monoisotopic (exact) mass is 374 g/mol. The Morgan fingerprint density at radius 1 is 1.31 bits per heavy atom. The lowest BCUT2D eigenvalue weighted by Crippen LogP contribution is -2.44. The second-order valence-electron chi connectivity index (χ2n) is 3.61. The molecule has 0 fully saturated rings. The SMILES string of the molecule is CC1(C)[C@H](Br)C(=O)C(Br)=C(O)[C@H]1Br. The van der Waals surface area contributed by atoms with Crippen molar-refractivity contribution in [3.8, 4) is 0 Å². The predicted molar refractivity (Wildman–Crippen MR) is 62.8 cm³/mol. The number of aliphatic hydroxyl groups excluding tert-OH is 1. The van der Waals surface area contributed by atoms with Crippen molar-refractivity contribution in [1.29, 1.82) is 0 Å². The first-order valence-electron chi connectivity index (χ1n) is 3.71. The minimum atomic E-state index is -0.335. The summed E-state index contributed by atoms with van der Waals surface area (Å²) in [5, 5.41) is 9.61. The Bertz CT molecular complexity index is 283. The zero-order chi connectivity index (χ0) is 10.4. The molecule has 5 heteroatoms. The average Bonchev–Trinajstić information content (AvgIpc) is 2.09. The molecule has 0 amide bonds. The number of hydrogen-bond donors (Lipinski definition) is 1. The Morgan fingerprint density at radius 3 is 2.23 bits per heavy atom. The third kappa shape index (κ3) is 1.75. The van der Waals surface area contributed by atoms with E-state index in [4.69, 9.17) is 0 Å². The van der Waals surface area contributed by atoms with Gasteiger partial charge in [0.1, 0.15) is 10.2 Å². The number of allylic oxidation sites excluding steroid dienone is 2. The first kappa shape index (κ1) is 11.7. The van der Waals surface area contributed by atoms with Crippen LogP contribution in [0.25, 0.3) is 0 Å². The zero-order valence-electron chi connectivity index (χ0n) is 7.14. The molecule has 74 valence electrons. The molecule has 2 nitrogen and oxygen atoms in total. The number of carbonyl (C=O) groups excluding carboxylic acids is 1. The summed E-state index contributed by atoms with van der Waals surface area (Å²) < 4.78 is 0.260. The number of hydrogen-bond acceptors (Lipinski definition) is 2. The molecule has 0 radical (unpaired) electrons. The molecule has 13 heavy (non-hydrogen) atoms. The van der Waals surface area contributed by atoms with Gasteiger partial charge in [0.25, 0.3) is 0 Å². The molecular formula is C8H9Br3O2. The van der Waals surface area contributed by atoms with Gasteiger partial charge in [-0.3, -0.25) is 4.79 Å². The van der Waals surface area contributed by atoms with E-state index in [1.165, 1.54) is 0 Å². The van der Waals surface area contributed by atoms with Crippen molar-refractivity contribution >= 4 is 53.6 Å². The van der Waals surface area contributed by atoms with Gasteiger partial charge in [0.15, 0.2) is 5.78 Å². The van der Waals surface area contributed by atoms with E-state index in [9.17, 15) is 9.90 Å². The van der Waals surface area contributed by atoms with Gasteiger partial charge in [-0.15, -0.1) is 0 Å². The Balaban J connectivity index is 3.23. The molecule has 0 spiro atoms. The summed E-state index contributed by atoms with van der Waals surface area (Å²) in [6, 6.07) is 0. The third-order valence-corrected chi connectivity index (χ3v) is 6.22. The Morgan fingerprint density at radius 2 is 1.77 bits per heavy atom. The van der Waals surface area contributed by atoms with Crippen molar-refractivity contribution in [1.82, 2.24) is 0 Å². The fourth-order valence-electron chi connectivity index (χ4n) is 1.17. The van der Waals surface area contributed by atoms with Crippen LogP contribution in [0.3, 0.4) is 0 Å². The summed E-state index contributed by atoms with van der Waals surface area (Å²) in [5.41, 5.74) is -0.335. The summed E-state index contributed by atoms with van der Waals surface area (Å²) in [5.74, 6) is -0.0381. The molecule has 0 saturated heterocycles. The van der Waals surface area contributed by atoms with E-state index in [1.54, 1.807) is 0 Å². The second kappa shape index (κ2) is 3.66. The molecule has 0 aliphatic heterocycles. The van der Waals surface area contributed by atoms with Gasteiger partial charge >= 0.3 is 0 Å². The molecule has 1 N–H and O–H groups in total. The summed E-state index contributed by atoms with van der Waals surface area (Å²) in [7, 11) is 0. The smallest absolute Gasteiger partial charge is 0.187 e. The van der Waals surface area contributed by atoms with Crippen molar-refractivity contribution in [2.24, 2.45) is 5.41 Å². The van der Waals surface area contributed by atoms with Crippen LogP contribution in [0.1, 0.15) is 13.8 Å². The number of Topliss-reactive ketones (excluding diaryl/α,β-unsaturated/α-hetero) is 1. The summed E-state index contributed by atoms with van der Waals surface area (Å²) in [4.78, 5) is 11.1. The van der Waals surface area contributed by atoms with Crippen molar-refractivity contribution < 1.29 is 9.90 Å². The van der Waals surface area contributed by atoms with Gasteiger partial charge < -0.3 is 5.11 Å². The van der Waals surface area contributed by atoms with Gasteiger partial charge in [-0.1, -0.05) is 45.7 Å². The molecule has 0 aromatic rings. The lowest BCUT2D eigenvalue weighted by atomic mass is 9.79. The topological polar surface area (TPSA) is 37.3 Å². The van der Waals surface area contributed by atoms with E-state index < -0.39 is 0 Å². The van der Waals surface area contributed by atoms with Crippen molar-refractivity contribution in [2.75, 3.05) is 0 Å². The lowest BCUT2D eigenvalue weighted by Gasteiger charge is -2.37. The third-order valence-electron chi connectivity index (χ3n) is 2.22. The van der Waals surface area contributed by atoms with Crippen LogP contribution in [0, 0.1) is 5.41 Å². The van der Waals surface area contributed by atoms with Crippen LogP contribution in [0.15, 0.2) is 10.2 Å². The molecular weight excluding hydrogens is 368 g/mol. The lowest BCUT2D eigenvalue weighted by molar-refractivity contribution is -0.116. The molecule has 0 bridgehead atoms. The van der Waals surface area contributed by atoms with E-state index in [0.717, 1.165) is 0 Å². The van der Waals surface area contributed by atoms with Gasteiger partial charge in [0.2, 0.25) is 0 Å². The van der Waals surface area contributed by atoms with Crippen LogP contribution in [0.4, 0.5) is 0 Å². The molecule has 0 saturated carbocycles. The Kier molecular flexibility index (Phi) is 3.30. The highest BCUT2D eigenvalue weighted by molar-refractivity contribution is 9.12.